The Morgan fingerprint density at radius 3 is 2.67 bits per heavy atom. The van der Waals surface area contributed by atoms with Gasteiger partial charge in [-0.05, 0) is 67.2 Å². The molecule has 0 saturated carbocycles. The van der Waals surface area contributed by atoms with Gasteiger partial charge >= 0.3 is 0 Å². The van der Waals surface area contributed by atoms with E-state index in [1.54, 1.807) is 36.4 Å². The summed E-state index contributed by atoms with van der Waals surface area (Å²) in [6.45, 7) is 2.44. The number of hydrogen-bond acceptors (Lipinski definition) is 5. The second-order valence-electron chi connectivity index (χ2n) is 8.30. The minimum Gasteiger partial charge on any atom is -0.467 e. The molecule has 1 aliphatic heterocycles. The zero-order valence-electron chi connectivity index (χ0n) is 19.7. The number of thioether (sulfide) groups is 1. The molecule has 0 spiro atoms. The van der Waals surface area contributed by atoms with E-state index in [1.165, 1.54) is 11.8 Å². The van der Waals surface area contributed by atoms with Gasteiger partial charge in [-0.25, -0.2) is 4.99 Å². The van der Waals surface area contributed by atoms with Gasteiger partial charge in [-0.3, -0.25) is 14.5 Å². The Kier molecular flexibility index (Phi) is 6.71. The van der Waals surface area contributed by atoms with E-state index >= 15 is 0 Å². The molecule has 1 saturated heterocycles. The molecule has 0 atom stereocenters. The van der Waals surface area contributed by atoms with Crippen molar-refractivity contribution in [1.29, 1.82) is 0 Å². The minimum absolute atomic E-state index is 0.125. The maximum atomic E-state index is 13.0. The first-order valence-electron chi connectivity index (χ1n) is 11.3. The highest BCUT2D eigenvalue weighted by atomic mass is 35.5. The van der Waals surface area contributed by atoms with Gasteiger partial charge in [0.25, 0.3) is 5.91 Å². The molecular formula is C27H23ClN4O3S. The first kappa shape index (κ1) is 24.0. The Balaban J connectivity index is 1.44. The lowest BCUT2D eigenvalue weighted by Gasteiger charge is -2.09. The van der Waals surface area contributed by atoms with E-state index in [2.05, 4.69) is 10.3 Å². The number of halogens is 1. The Hall–Kier alpha value is -3.75. The van der Waals surface area contributed by atoms with Crippen molar-refractivity contribution < 1.29 is 14.0 Å². The number of aliphatic imine (C=N–C) groups is 1. The van der Waals surface area contributed by atoms with Crippen LogP contribution in [0.2, 0.25) is 5.02 Å². The summed E-state index contributed by atoms with van der Waals surface area (Å²) in [5.74, 6) is 0.442. The van der Waals surface area contributed by atoms with Crippen LogP contribution in [-0.4, -0.2) is 33.5 Å². The van der Waals surface area contributed by atoms with Crippen LogP contribution in [-0.2, 0) is 22.7 Å². The topological polar surface area (TPSA) is 79.8 Å². The first-order valence-corrected chi connectivity index (χ1v) is 12.5. The predicted molar refractivity (Wildman–Crippen MR) is 144 cm³/mol. The van der Waals surface area contributed by atoms with Gasteiger partial charge in [-0.15, -0.1) is 0 Å². The van der Waals surface area contributed by atoms with Crippen molar-refractivity contribution in [3.05, 3.63) is 93.9 Å². The number of nitrogens with one attached hydrogen (secondary N) is 1. The van der Waals surface area contributed by atoms with E-state index in [0.29, 0.717) is 27.4 Å². The van der Waals surface area contributed by atoms with Crippen LogP contribution in [0.25, 0.3) is 17.0 Å². The van der Waals surface area contributed by atoms with Gasteiger partial charge in [-0.2, -0.15) is 0 Å². The summed E-state index contributed by atoms with van der Waals surface area (Å²) in [6, 6.07) is 18.6. The van der Waals surface area contributed by atoms with Crippen LogP contribution in [0.4, 0.5) is 5.69 Å². The van der Waals surface area contributed by atoms with E-state index in [-0.39, 0.29) is 18.4 Å². The van der Waals surface area contributed by atoms with E-state index in [1.807, 2.05) is 60.0 Å². The molecule has 2 aromatic heterocycles. The van der Waals surface area contributed by atoms with Crippen LogP contribution in [0, 0.1) is 6.92 Å². The summed E-state index contributed by atoms with van der Waals surface area (Å²) in [5, 5.41) is 5.09. The first-order chi connectivity index (χ1) is 17.4. The van der Waals surface area contributed by atoms with Gasteiger partial charge in [0.05, 0.1) is 23.4 Å². The maximum absolute atomic E-state index is 13.0. The Labute approximate surface area is 217 Å². The SMILES string of the molecule is Cc1c(C=C2SC(=Nc3ccc(Cl)cc3)N(C)C2=O)c2ccccc2n1CC(=O)NCc1ccco1. The van der Waals surface area contributed by atoms with Gasteiger partial charge < -0.3 is 14.3 Å². The van der Waals surface area contributed by atoms with Gasteiger partial charge in [0.15, 0.2) is 5.17 Å². The highest BCUT2D eigenvalue weighted by molar-refractivity contribution is 8.18. The normalized spacial score (nSPS) is 16.0. The standard InChI is InChI=1S/C27H23ClN4O3S/c1-17-22(14-24-26(34)31(2)27(36-24)30-19-11-9-18(28)10-12-19)21-7-3-4-8-23(21)32(17)16-25(33)29-15-20-6-5-13-35-20/h3-14H,15-16H2,1-2H3,(H,29,33). The summed E-state index contributed by atoms with van der Waals surface area (Å²) in [4.78, 5) is 32.5. The van der Waals surface area contributed by atoms with Crippen LogP contribution in [0.1, 0.15) is 17.0 Å². The number of rotatable bonds is 6. The molecule has 0 radical (unpaired) electrons. The van der Waals surface area contributed by atoms with Crippen LogP contribution < -0.4 is 5.32 Å². The smallest absolute Gasteiger partial charge is 0.266 e. The van der Waals surface area contributed by atoms with Crippen molar-refractivity contribution in [3.63, 3.8) is 0 Å². The predicted octanol–water partition coefficient (Wildman–Crippen LogP) is 5.75. The quantitative estimate of drug-likeness (QED) is 0.330. The summed E-state index contributed by atoms with van der Waals surface area (Å²) in [5.41, 5.74) is 3.45. The molecule has 0 unspecified atom stereocenters. The molecule has 2 aromatic carbocycles. The number of benzene rings is 2. The summed E-state index contributed by atoms with van der Waals surface area (Å²) in [6.07, 6.45) is 3.47. The molecular weight excluding hydrogens is 496 g/mol. The number of fused-ring (bicyclic) bond motifs is 1. The third kappa shape index (κ3) is 4.82. The van der Waals surface area contributed by atoms with E-state index in [9.17, 15) is 9.59 Å². The number of hydrogen-bond donors (Lipinski definition) is 1. The molecule has 5 rings (SSSR count). The molecule has 182 valence electrons. The van der Waals surface area contributed by atoms with Gasteiger partial charge in [-0.1, -0.05) is 29.8 Å². The molecule has 1 aliphatic rings. The average Bonchev–Trinajstić information content (AvgIpc) is 3.56. The summed E-state index contributed by atoms with van der Waals surface area (Å²) < 4.78 is 7.26. The number of likely N-dealkylation sites (N-methyl/N-ethyl adjacent to an activating group) is 1. The van der Waals surface area contributed by atoms with Crippen molar-refractivity contribution in [1.82, 2.24) is 14.8 Å². The Bertz CT molecular complexity index is 1500. The molecule has 2 amide bonds. The second-order valence-corrected chi connectivity index (χ2v) is 9.75. The number of furan rings is 1. The fourth-order valence-electron chi connectivity index (χ4n) is 4.05. The number of amidine groups is 1. The van der Waals surface area contributed by atoms with Crippen molar-refractivity contribution in [2.75, 3.05) is 7.05 Å². The highest BCUT2D eigenvalue weighted by Gasteiger charge is 2.31. The number of para-hydroxylation sites is 1. The zero-order chi connectivity index (χ0) is 25.2. The highest BCUT2D eigenvalue weighted by Crippen LogP contribution is 2.36. The Morgan fingerprint density at radius 1 is 1.14 bits per heavy atom. The lowest BCUT2D eigenvalue weighted by atomic mass is 10.1. The lowest BCUT2D eigenvalue weighted by molar-refractivity contribution is -0.122. The fourth-order valence-corrected chi connectivity index (χ4v) is 5.15. The van der Waals surface area contributed by atoms with Crippen LogP contribution >= 0.6 is 23.4 Å². The van der Waals surface area contributed by atoms with E-state index in [0.717, 1.165) is 27.8 Å². The van der Waals surface area contributed by atoms with Crippen LogP contribution in [0.5, 0.6) is 0 Å². The van der Waals surface area contributed by atoms with Crippen LogP contribution in [0.15, 0.2) is 81.2 Å². The number of amides is 2. The zero-order valence-corrected chi connectivity index (χ0v) is 21.3. The molecule has 0 bridgehead atoms. The minimum atomic E-state index is -0.127. The molecule has 1 fully saturated rings. The maximum Gasteiger partial charge on any atom is 0.266 e. The van der Waals surface area contributed by atoms with E-state index < -0.39 is 0 Å². The summed E-state index contributed by atoms with van der Waals surface area (Å²) in [7, 11) is 1.71. The average molecular weight is 519 g/mol. The fraction of sp³-hybridized carbons (Fsp3) is 0.148. The monoisotopic (exact) mass is 518 g/mol. The van der Waals surface area contributed by atoms with Crippen molar-refractivity contribution in [2.24, 2.45) is 4.99 Å². The molecule has 4 aromatic rings. The van der Waals surface area contributed by atoms with Crippen molar-refractivity contribution in [3.8, 4) is 0 Å². The van der Waals surface area contributed by atoms with Gasteiger partial charge in [0, 0.05) is 34.2 Å². The molecule has 3 heterocycles. The molecule has 1 N–H and O–H groups in total. The molecule has 0 aliphatic carbocycles. The van der Waals surface area contributed by atoms with Gasteiger partial charge in [0.1, 0.15) is 12.3 Å². The summed E-state index contributed by atoms with van der Waals surface area (Å²) >= 11 is 7.30. The molecule has 7 nitrogen and oxygen atoms in total. The third-order valence-electron chi connectivity index (χ3n) is 5.95. The van der Waals surface area contributed by atoms with Crippen LogP contribution in [0.3, 0.4) is 0 Å². The van der Waals surface area contributed by atoms with Gasteiger partial charge in [0.2, 0.25) is 5.91 Å². The van der Waals surface area contributed by atoms with Crippen molar-refractivity contribution >= 4 is 63.0 Å². The number of aromatic nitrogens is 1. The number of carbonyl (C=O) groups is 2. The Morgan fingerprint density at radius 2 is 1.92 bits per heavy atom. The lowest BCUT2D eigenvalue weighted by Crippen LogP contribution is -2.27. The molecule has 9 heteroatoms. The number of nitrogens with zero attached hydrogens (tertiary/aromatic N) is 3. The third-order valence-corrected chi connectivity index (χ3v) is 7.26. The molecule has 36 heavy (non-hydrogen) atoms. The largest absolute Gasteiger partial charge is 0.467 e. The second kappa shape index (κ2) is 10.1. The van der Waals surface area contributed by atoms with Crippen molar-refractivity contribution in [2.45, 2.75) is 20.0 Å². The number of carbonyl (C=O) groups excluding carboxylic acids is 2. The van der Waals surface area contributed by atoms with E-state index in [4.69, 9.17) is 16.0 Å².